The van der Waals surface area contributed by atoms with Crippen LogP contribution in [0.25, 0.3) is 111 Å². The molecule has 0 atom stereocenters. The molecule has 0 saturated carbocycles. The van der Waals surface area contributed by atoms with Crippen LogP contribution in [0.1, 0.15) is 0 Å². The van der Waals surface area contributed by atoms with Crippen molar-refractivity contribution in [2.24, 2.45) is 0 Å². The molecule has 0 radical (unpaired) electrons. The molecule has 9 aromatic carbocycles. The van der Waals surface area contributed by atoms with E-state index in [9.17, 15) is 0 Å². The van der Waals surface area contributed by atoms with E-state index >= 15 is 0 Å². The van der Waals surface area contributed by atoms with Crippen molar-refractivity contribution in [3.8, 4) is 67.5 Å². The van der Waals surface area contributed by atoms with Gasteiger partial charge in [-0.05, 0) is 65.2 Å². The molecule has 4 heteroatoms. The van der Waals surface area contributed by atoms with Crippen molar-refractivity contribution < 1.29 is 0 Å². The van der Waals surface area contributed by atoms with E-state index in [1.54, 1.807) is 0 Å². The molecular formula is C58H38N4. The molecule has 0 aliphatic carbocycles. The van der Waals surface area contributed by atoms with Gasteiger partial charge in [0.2, 0.25) is 0 Å². The minimum Gasteiger partial charge on any atom is -0.309 e. The molecular weight excluding hydrogens is 753 g/mol. The Balaban J connectivity index is 1.07. The van der Waals surface area contributed by atoms with Gasteiger partial charge in [-0.3, -0.25) is 0 Å². The molecule has 0 aliphatic heterocycles. The molecule has 0 bridgehead atoms. The average molecular weight is 791 g/mol. The molecule has 12 rings (SSSR count). The Bertz CT molecular complexity index is 3550. The average Bonchev–Trinajstić information content (AvgIpc) is 3.87. The molecule has 0 spiro atoms. The van der Waals surface area contributed by atoms with Crippen LogP contribution in [0.3, 0.4) is 0 Å². The molecule has 0 aliphatic rings. The molecule has 4 nitrogen and oxygen atoms in total. The maximum atomic E-state index is 5.32. The Morgan fingerprint density at radius 3 is 1.35 bits per heavy atom. The third kappa shape index (κ3) is 6.00. The van der Waals surface area contributed by atoms with E-state index in [2.05, 4.69) is 228 Å². The summed E-state index contributed by atoms with van der Waals surface area (Å²) in [5.41, 5.74) is 16.3. The Morgan fingerprint density at radius 2 is 0.726 bits per heavy atom. The second-order valence-electron chi connectivity index (χ2n) is 15.8. The highest BCUT2D eigenvalue weighted by atomic mass is 15.0. The summed E-state index contributed by atoms with van der Waals surface area (Å²) < 4.78 is 4.84. The normalized spacial score (nSPS) is 11.5. The predicted octanol–water partition coefficient (Wildman–Crippen LogP) is 15.0. The molecule has 3 heterocycles. The Morgan fingerprint density at radius 1 is 0.274 bits per heavy atom. The Hall–Kier alpha value is -8.34. The van der Waals surface area contributed by atoms with Gasteiger partial charge in [0.05, 0.1) is 39.1 Å². The summed E-state index contributed by atoms with van der Waals surface area (Å²) >= 11 is 0. The van der Waals surface area contributed by atoms with Crippen molar-refractivity contribution in [3.05, 3.63) is 231 Å². The van der Waals surface area contributed by atoms with Gasteiger partial charge >= 0.3 is 0 Å². The predicted molar refractivity (Wildman–Crippen MR) is 258 cm³/mol. The van der Waals surface area contributed by atoms with Gasteiger partial charge in [-0.25, -0.2) is 9.97 Å². The van der Waals surface area contributed by atoms with Crippen LogP contribution in [0.5, 0.6) is 0 Å². The quantitative estimate of drug-likeness (QED) is 0.161. The number of aromatic nitrogens is 4. The molecule has 0 fully saturated rings. The van der Waals surface area contributed by atoms with E-state index < -0.39 is 0 Å². The number of fused-ring (bicyclic) bond motifs is 6. The largest absolute Gasteiger partial charge is 0.309 e. The van der Waals surface area contributed by atoms with Crippen LogP contribution < -0.4 is 0 Å². The second-order valence-corrected chi connectivity index (χ2v) is 15.8. The minimum atomic E-state index is 0.684. The smallest absolute Gasteiger partial charge is 0.160 e. The van der Waals surface area contributed by atoms with Gasteiger partial charge in [-0.2, -0.15) is 0 Å². The van der Waals surface area contributed by atoms with Gasteiger partial charge in [0, 0.05) is 49.5 Å². The number of hydrogen-bond donors (Lipinski definition) is 0. The molecule has 0 N–H and O–H groups in total. The molecule has 12 aromatic rings. The van der Waals surface area contributed by atoms with Crippen LogP contribution in [0, 0.1) is 0 Å². The van der Waals surface area contributed by atoms with Crippen LogP contribution in [0.15, 0.2) is 231 Å². The van der Waals surface area contributed by atoms with E-state index in [0.29, 0.717) is 5.82 Å². The van der Waals surface area contributed by atoms with E-state index in [-0.39, 0.29) is 0 Å². The van der Waals surface area contributed by atoms with Crippen LogP contribution in [-0.2, 0) is 0 Å². The van der Waals surface area contributed by atoms with E-state index in [0.717, 1.165) is 67.2 Å². The van der Waals surface area contributed by atoms with Crippen LogP contribution >= 0.6 is 0 Å². The summed E-state index contributed by atoms with van der Waals surface area (Å²) in [6, 6.07) is 82.2. The second kappa shape index (κ2) is 14.7. The number of nitrogens with zero attached hydrogens (tertiary/aromatic N) is 4. The van der Waals surface area contributed by atoms with E-state index in [4.69, 9.17) is 9.97 Å². The number of hydrogen-bond acceptors (Lipinski definition) is 2. The molecule has 3 aromatic heterocycles. The molecule has 290 valence electrons. The van der Waals surface area contributed by atoms with Gasteiger partial charge < -0.3 is 9.13 Å². The maximum absolute atomic E-state index is 5.32. The highest BCUT2D eigenvalue weighted by molar-refractivity contribution is 6.12. The zero-order valence-corrected chi connectivity index (χ0v) is 33.7. The summed E-state index contributed by atoms with van der Waals surface area (Å²) in [7, 11) is 0. The minimum absolute atomic E-state index is 0.684. The van der Waals surface area contributed by atoms with Gasteiger partial charge in [0.25, 0.3) is 0 Å². The lowest BCUT2D eigenvalue weighted by atomic mass is 9.99. The molecule has 0 amide bonds. The maximum Gasteiger partial charge on any atom is 0.160 e. The summed E-state index contributed by atoms with van der Waals surface area (Å²) in [4.78, 5) is 10.5. The first-order valence-electron chi connectivity index (χ1n) is 21.1. The third-order valence-corrected chi connectivity index (χ3v) is 12.2. The topological polar surface area (TPSA) is 35.6 Å². The van der Waals surface area contributed by atoms with Crippen molar-refractivity contribution in [1.82, 2.24) is 19.1 Å². The SMILES string of the molecule is c1ccc(-c2ccc(-c3nc(-c4ccccc4)cc(-c4ccc(-c5ccccc5)c(-n5c6ccccc6c6cc(-n7c8ccccc8c8ccccc87)ccc65)c4)n3)cc2)cc1. The summed E-state index contributed by atoms with van der Waals surface area (Å²) in [5.74, 6) is 0.684. The molecule has 0 saturated heterocycles. The lowest BCUT2D eigenvalue weighted by molar-refractivity contribution is 1.16. The zero-order valence-electron chi connectivity index (χ0n) is 33.7. The number of benzene rings is 9. The first-order chi connectivity index (χ1) is 30.7. The van der Waals surface area contributed by atoms with E-state index in [1.165, 1.54) is 38.1 Å². The third-order valence-electron chi connectivity index (χ3n) is 12.2. The van der Waals surface area contributed by atoms with Crippen LogP contribution in [0.2, 0.25) is 0 Å². The fraction of sp³-hybridized carbons (Fsp3) is 0. The first kappa shape index (κ1) is 35.6. The highest BCUT2D eigenvalue weighted by Crippen LogP contribution is 2.41. The van der Waals surface area contributed by atoms with Gasteiger partial charge in [0.1, 0.15) is 0 Å². The van der Waals surface area contributed by atoms with Crippen molar-refractivity contribution in [2.75, 3.05) is 0 Å². The van der Waals surface area contributed by atoms with Crippen molar-refractivity contribution >= 4 is 43.6 Å². The van der Waals surface area contributed by atoms with Crippen molar-refractivity contribution in [1.29, 1.82) is 0 Å². The van der Waals surface area contributed by atoms with Gasteiger partial charge in [-0.15, -0.1) is 0 Å². The highest BCUT2D eigenvalue weighted by Gasteiger charge is 2.20. The van der Waals surface area contributed by atoms with Crippen LogP contribution in [-0.4, -0.2) is 19.1 Å². The van der Waals surface area contributed by atoms with Crippen molar-refractivity contribution in [3.63, 3.8) is 0 Å². The number of para-hydroxylation sites is 3. The number of rotatable bonds is 7. The fourth-order valence-corrected chi connectivity index (χ4v) is 9.22. The van der Waals surface area contributed by atoms with E-state index in [1.807, 2.05) is 12.1 Å². The summed E-state index contributed by atoms with van der Waals surface area (Å²) in [6.07, 6.45) is 0. The zero-order chi connectivity index (χ0) is 41.0. The Labute approximate surface area is 359 Å². The fourth-order valence-electron chi connectivity index (χ4n) is 9.22. The summed E-state index contributed by atoms with van der Waals surface area (Å²) in [5, 5.41) is 4.90. The van der Waals surface area contributed by atoms with Crippen molar-refractivity contribution in [2.45, 2.75) is 0 Å². The van der Waals surface area contributed by atoms with Gasteiger partial charge in [0.15, 0.2) is 5.82 Å². The first-order valence-corrected chi connectivity index (χ1v) is 21.1. The summed E-state index contributed by atoms with van der Waals surface area (Å²) in [6.45, 7) is 0. The Kier molecular flexibility index (Phi) is 8.46. The lowest BCUT2D eigenvalue weighted by Gasteiger charge is -2.17. The molecule has 62 heavy (non-hydrogen) atoms. The molecule has 0 unspecified atom stereocenters. The standard InChI is InChI=1S/C58H38N4/c1-4-16-39(17-5-1)40-28-30-43(31-29-40)58-59-51(42-20-8-3-9-21-42)38-52(60-58)44-32-34-46(41-18-6-2-7-19-41)57(36-44)62-55-27-15-12-24-49(55)50-37-45(33-35-56(50)62)61-53-25-13-10-22-47(53)48-23-11-14-26-54(48)61/h1-38H. The monoisotopic (exact) mass is 790 g/mol. The van der Waals surface area contributed by atoms with Crippen LogP contribution in [0.4, 0.5) is 0 Å². The van der Waals surface area contributed by atoms with Gasteiger partial charge in [-0.1, -0.05) is 182 Å². The lowest BCUT2D eigenvalue weighted by Crippen LogP contribution is -2.00.